The largest absolute Gasteiger partial charge is 0.444 e. The van der Waals surface area contributed by atoms with Gasteiger partial charge in [0.05, 0.1) is 17.1 Å². The van der Waals surface area contributed by atoms with Crippen LogP contribution in [0.1, 0.15) is 52.5 Å². The van der Waals surface area contributed by atoms with Gasteiger partial charge in [0.2, 0.25) is 0 Å². The van der Waals surface area contributed by atoms with Gasteiger partial charge in [-0.3, -0.25) is 4.98 Å². The van der Waals surface area contributed by atoms with E-state index in [-0.39, 0.29) is 35.2 Å². The maximum atomic E-state index is 15.0. The Bertz CT molecular complexity index is 1300. The van der Waals surface area contributed by atoms with Crippen LogP contribution in [-0.4, -0.2) is 33.7 Å². The minimum Gasteiger partial charge on any atom is -0.444 e. The van der Waals surface area contributed by atoms with Crippen LogP contribution in [0.2, 0.25) is 0 Å². The van der Waals surface area contributed by atoms with Crippen molar-refractivity contribution in [2.75, 3.05) is 10.6 Å². The zero-order valence-electron chi connectivity index (χ0n) is 20.9. The number of rotatable bonds is 7. The molecule has 1 amide bonds. The van der Waals surface area contributed by atoms with E-state index in [4.69, 9.17) is 4.74 Å². The predicted molar refractivity (Wildman–Crippen MR) is 138 cm³/mol. The predicted octanol–water partition coefficient (Wildman–Crippen LogP) is 5.88. The molecule has 3 N–H and O–H groups in total. The van der Waals surface area contributed by atoms with Crippen LogP contribution < -0.4 is 16.0 Å². The number of fused-ring (bicyclic) bond motifs is 1. The van der Waals surface area contributed by atoms with Crippen LogP contribution >= 0.6 is 0 Å². The first kappa shape index (κ1) is 25.2. The fourth-order valence-corrected chi connectivity index (χ4v) is 4.25. The Balaban J connectivity index is 1.58. The van der Waals surface area contributed by atoms with Crippen molar-refractivity contribution in [2.24, 2.45) is 5.92 Å². The van der Waals surface area contributed by atoms with Gasteiger partial charge < -0.3 is 20.7 Å². The first-order chi connectivity index (χ1) is 17.1. The smallest absolute Gasteiger partial charge is 0.407 e. The maximum absolute atomic E-state index is 15.0. The quantitative estimate of drug-likeness (QED) is 0.379. The highest BCUT2D eigenvalue weighted by atomic mass is 19.1. The number of hydrogen-bond acceptors (Lipinski definition) is 7. The first-order valence-corrected chi connectivity index (χ1v) is 12.1. The van der Waals surface area contributed by atoms with Gasteiger partial charge in [-0.1, -0.05) is 12.5 Å². The Morgan fingerprint density at radius 1 is 1.22 bits per heavy atom. The number of amides is 1. The highest BCUT2D eigenvalue weighted by Gasteiger charge is 2.34. The number of nitrogens with zero attached hydrogens (tertiary/aromatic N) is 3. The number of ether oxygens (including phenoxy) is 1. The number of alkyl carbamates (subject to hydrolysis) is 1. The normalized spacial score (nSPS) is 15.3. The average molecular weight is 491 g/mol. The van der Waals surface area contributed by atoms with Crippen LogP contribution in [0.3, 0.4) is 0 Å². The molecular formula is C27H31FN6O2. The van der Waals surface area contributed by atoms with E-state index >= 15 is 4.39 Å². The Kier molecular flexibility index (Phi) is 7.25. The van der Waals surface area contributed by atoms with Crippen molar-refractivity contribution >= 4 is 34.3 Å². The number of benzene rings is 1. The number of nitriles is 1. The topological polar surface area (TPSA) is 112 Å². The van der Waals surface area contributed by atoms with Crippen molar-refractivity contribution in [1.82, 2.24) is 15.3 Å². The second-order valence-corrected chi connectivity index (χ2v) is 10.2. The molecule has 1 aliphatic rings. The van der Waals surface area contributed by atoms with Crippen molar-refractivity contribution in [2.45, 2.75) is 64.6 Å². The third-order valence-electron chi connectivity index (χ3n) is 6.21. The van der Waals surface area contributed by atoms with Crippen molar-refractivity contribution in [3.05, 3.63) is 54.0 Å². The summed E-state index contributed by atoms with van der Waals surface area (Å²) in [5.41, 5.74) is 1.01. The summed E-state index contributed by atoms with van der Waals surface area (Å²) in [5.74, 6) is -0.122. The lowest BCUT2D eigenvalue weighted by Gasteiger charge is -2.38. The molecule has 0 saturated heterocycles. The van der Waals surface area contributed by atoms with Crippen molar-refractivity contribution in [3.8, 4) is 6.07 Å². The number of hydrogen-bond donors (Lipinski definition) is 3. The van der Waals surface area contributed by atoms with Crippen molar-refractivity contribution in [3.63, 3.8) is 0 Å². The Labute approximate surface area is 210 Å². The van der Waals surface area contributed by atoms with Crippen molar-refractivity contribution < 1.29 is 13.9 Å². The van der Waals surface area contributed by atoms with Gasteiger partial charge in [-0.25, -0.2) is 14.2 Å². The summed E-state index contributed by atoms with van der Waals surface area (Å²) in [4.78, 5) is 21.1. The van der Waals surface area contributed by atoms with E-state index in [1.807, 2.05) is 43.3 Å². The van der Waals surface area contributed by atoms with Gasteiger partial charge in [0.25, 0.3) is 0 Å². The van der Waals surface area contributed by atoms with Crippen LogP contribution in [0.5, 0.6) is 0 Å². The van der Waals surface area contributed by atoms with E-state index in [0.717, 1.165) is 30.2 Å². The number of aromatic nitrogens is 2. The number of nitrogens with one attached hydrogen (secondary N) is 3. The third-order valence-corrected chi connectivity index (χ3v) is 6.21. The van der Waals surface area contributed by atoms with Gasteiger partial charge in [0.1, 0.15) is 11.7 Å². The molecule has 2 atom stereocenters. The molecule has 2 heterocycles. The molecule has 8 nitrogen and oxygen atoms in total. The molecule has 3 aromatic rings. The second kappa shape index (κ2) is 10.4. The number of carbonyl (C=O) groups is 1. The van der Waals surface area contributed by atoms with Crippen LogP contribution in [0.15, 0.2) is 42.6 Å². The van der Waals surface area contributed by atoms with E-state index in [0.29, 0.717) is 5.69 Å². The molecule has 9 heteroatoms. The van der Waals surface area contributed by atoms with Gasteiger partial charge >= 0.3 is 6.09 Å². The zero-order chi connectivity index (χ0) is 25.9. The Morgan fingerprint density at radius 3 is 2.67 bits per heavy atom. The summed E-state index contributed by atoms with van der Waals surface area (Å²) in [6.45, 7) is 7.27. The van der Waals surface area contributed by atoms with E-state index in [9.17, 15) is 10.1 Å². The lowest BCUT2D eigenvalue weighted by atomic mass is 9.77. The summed E-state index contributed by atoms with van der Waals surface area (Å²) in [6.07, 6.45) is 4.20. The summed E-state index contributed by atoms with van der Waals surface area (Å²) >= 11 is 0. The number of carbonyl (C=O) groups excluding carboxylic acids is 1. The van der Waals surface area contributed by atoms with Crippen LogP contribution in [0.25, 0.3) is 10.9 Å². The first-order valence-electron chi connectivity index (χ1n) is 12.1. The standard InChI is InChI=1S/C27H31FN6O2/c1-16(31-26(35)36-27(2,3)4)23(17-7-5-8-17)33-25-21(28)14-19(15-29)24(34-25)32-20-10-11-22-18(13-20)9-6-12-30-22/h6,9-14,16-17,23H,5,7-8H2,1-4H3,(H,31,35)(H2,32,33,34)/t16-,23-/m0/s1. The SMILES string of the molecule is C[C@H](NC(=O)OC(C)(C)C)[C@H](Nc1nc(Nc2ccc3ncccc3c2)c(C#N)cc1F)C1CCC1. The lowest BCUT2D eigenvalue weighted by Crippen LogP contribution is -2.51. The van der Waals surface area contributed by atoms with Gasteiger partial charge in [0.15, 0.2) is 17.5 Å². The fourth-order valence-electron chi connectivity index (χ4n) is 4.25. The second-order valence-electron chi connectivity index (χ2n) is 10.2. The fraction of sp³-hybridized carbons (Fsp3) is 0.407. The van der Waals surface area contributed by atoms with Crippen molar-refractivity contribution in [1.29, 1.82) is 5.26 Å². The highest BCUT2D eigenvalue weighted by Crippen LogP contribution is 2.34. The van der Waals surface area contributed by atoms with E-state index in [1.54, 1.807) is 27.0 Å². The number of anilines is 3. The van der Waals surface area contributed by atoms with E-state index in [1.165, 1.54) is 6.07 Å². The molecule has 0 radical (unpaired) electrons. The maximum Gasteiger partial charge on any atom is 0.407 e. The molecule has 36 heavy (non-hydrogen) atoms. The Morgan fingerprint density at radius 2 is 2.00 bits per heavy atom. The minimum absolute atomic E-state index is 0.0219. The van der Waals surface area contributed by atoms with Crippen LogP contribution in [0, 0.1) is 23.1 Å². The van der Waals surface area contributed by atoms with Gasteiger partial charge in [-0.2, -0.15) is 5.26 Å². The molecule has 0 unspecified atom stereocenters. The van der Waals surface area contributed by atoms with Gasteiger partial charge in [0, 0.05) is 23.3 Å². The van der Waals surface area contributed by atoms with Crippen LogP contribution in [0.4, 0.5) is 26.5 Å². The summed E-state index contributed by atoms with van der Waals surface area (Å²) in [6, 6.07) is 12.0. The van der Waals surface area contributed by atoms with Crippen LogP contribution in [-0.2, 0) is 4.74 Å². The molecule has 1 saturated carbocycles. The lowest BCUT2D eigenvalue weighted by molar-refractivity contribution is 0.0492. The molecule has 188 valence electrons. The minimum atomic E-state index is -0.631. The highest BCUT2D eigenvalue weighted by molar-refractivity contribution is 5.83. The van der Waals surface area contributed by atoms with E-state index in [2.05, 4.69) is 25.9 Å². The van der Waals surface area contributed by atoms with Gasteiger partial charge in [-0.05, 0) is 76.8 Å². The molecule has 0 bridgehead atoms. The number of halogens is 1. The Hall–Kier alpha value is -3.93. The molecule has 1 fully saturated rings. The van der Waals surface area contributed by atoms with E-state index < -0.39 is 17.5 Å². The molecule has 1 aromatic carbocycles. The molecular weight excluding hydrogens is 459 g/mol. The summed E-state index contributed by atoms with van der Waals surface area (Å²) in [7, 11) is 0. The third kappa shape index (κ3) is 6.00. The molecule has 4 rings (SSSR count). The number of pyridine rings is 2. The average Bonchev–Trinajstić information content (AvgIpc) is 2.77. The molecule has 0 spiro atoms. The molecule has 0 aliphatic heterocycles. The molecule has 2 aromatic heterocycles. The monoisotopic (exact) mass is 490 g/mol. The molecule has 1 aliphatic carbocycles. The summed E-state index contributed by atoms with van der Waals surface area (Å²) in [5, 5.41) is 19.7. The van der Waals surface area contributed by atoms with Gasteiger partial charge in [-0.15, -0.1) is 0 Å². The summed E-state index contributed by atoms with van der Waals surface area (Å²) < 4.78 is 20.4. The zero-order valence-corrected chi connectivity index (χ0v) is 20.9.